The lowest BCUT2D eigenvalue weighted by atomic mass is 9.68. The number of carboxylic acids is 1. The standard InChI is InChI=1S/C13H22O2/c1-9-5-11(6-10(2)12(14)15)8-13(3,4)7-9/h6,9,11H,5,7-8H2,1-4H3,(H,14,15). The molecule has 1 saturated carbocycles. The number of hydrogen-bond donors (Lipinski definition) is 1. The molecular formula is C13H22O2. The highest BCUT2D eigenvalue weighted by molar-refractivity contribution is 5.85. The van der Waals surface area contributed by atoms with Crippen LogP contribution in [0.1, 0.15) is 47.0 Å². The van der Waals surface area contributed by atoms with Gasteiger partial charge in [0.05, 0.1) is 0 Å². The van der Waals surface area contributed by atoms with Gasteiger partial charge in [0, 0.05) is 5.57 Å². The SMILES string of the molecule is CC(=CC1CC(C)CC(C)(C)C1)C(=O)O. The van der Waals surface area contributed by atoms with E-state index in [0.29, 0.717) is 22.8 Å². The lowest BCUT2D eigenvalue weighted by Crippen LogP contribution is -2.27. The molecule has 86 valence electrons. The third kappa shape index (κ3) is 3.69. The summed E-state index contributed by atoms with van der Waals surface area (Å²) in [6, 6.07) is 0. The zero-order chi connectivity index (χ0) is 11.6. The number of allylic oxidation sites excluding steroid dienone is 1. The second kappa shape index (κ2) is 4.38. The zero-order valence-electron chi connectivity index (χ0n) is 10.2. The van der Waals surface area contributed by atoms with Gasteiger partial charge in [0.25, 0.3) is 0 Å². The molecule has 0 amide bonds. The summed E-state index contributed by atoms with van der Waals surface area (Å²) in [6.07, 6.45) is 5.44. The minimum Gasteiger partial charge on any atom is -0.478 e. The van der Waals surface area contributed by atoms with Crippen LogP contribution in [0.15, 0.2) is 11.6 Å². The predicted octanol–water partition coefficient (Wildman–Crippen LogP) is 3.48. The minimum absolute atomic E-state index is 0.359. The van der Waals surface area contributed by atoms with Gasteiger partial charge in [-0.2, -0.15) is 0 Å². The van der Waals surface area contributed by atoms with E-state index in [1.165, 1.54) is 6.42 Å². The van der Waals surface area contributed by atoms with E-state index in [0.717, 1.165) is 12.8 Å². The summed E-state index contributed by atoms with van der Waals surface area (Å²) in [6.45, 7) is 8.51. The largest absolute Gasteiger partial charge is 0.478 e. The second-order valence-electron chi connectivity index (χ2n) is 5.83. The van der Waals surface area contributed by atoms with Crippen molar-refractivity contribution in [1.82, 2.24) is 0 Å². The molecule has 2 nitrogen and oxygen atoms in total. The van der Waals surface area contributed by atoms with Gasteiger partial charge in [-0.3, -0.25) is 0 Å². The molecule has 1 rings (SSSR count). The molecule has 1 aliphatic carbocycles. The topological polar surface area (TPSA) is 37.3 Å². The highest BCUT2D eigenvalue weighted by Crippen LogP contribution is 2.42. The van der Waals surface area contributed by atoms with Crippen molar-refractivity contribution in [1.29, 1.82) is 0 Å². The summed E-state index contributed by atoms with van der Waals surface area (Å²) in [5.41, 5.74) is 0.849. The minimum atomic E-state index is -0.786. The van der Waals surface area contributed by atoms with Crippen molar-refractivity contribution in [2.75, 3.05) is 0 Å². The Bertz CT molecular complexity index is 276. The molecule has 0 aliphatic heterocycles. The summed E-state index contributed by atoms with van der Waals surface area (Å²) in [7, 11) is 0. The fourth-order valence-corrected chi connectivity index (χ4v) is 2.97. The van der Waals surface area contributed by atoms with E-state index in [1.54, 1.807) is 6.92 Å². The monoisotopic (exact) mass is 210 g/mol. The Balaban J connectivity index is 2.71. The maximum atomic E-state index is 10.7. The van der Waals surface area contributed by atoms with E-state index in [2.05, 4.69) is 20.8 Å². The van der Waals surface area contributed by atoms with Crippen molar-refractivity contribution < 1.29 is 9.90 Å². The van der Waals surface area contributed by atoms with Crippen LogP contribution in [0, 0.1) is 17.3 Å². The van der Waals surface area contributed by atoms with Gasteiger partial charge >= 0.3 is 5.97 Å². The van der Waals surface area contributed by atoms with Gasteiger partial charge in [0.1, 0.15) is 0 Å². The summed E-state index contributed by atoms with van der Waals surface area (Å²) in [4.78, 5) is 10.7. The van der Waals surface area contributed by atoms with Gasteiger partial charge in [0.15, 0.2) is 0 Å². The summed E-state index contributed by atoms with van der Waals surface area (Å²) in [5, 5.41) is 8.84. The third-order valence-corrected chi connectivity index (χ3v) is 3.24. The summed E-state index contributed by atoms with van der Waals surface area (Å²) < 4.78 is 0. The second-order valence-corrected chi connectivity index (χ2v) is 5.83. The van der Waals surface area contributed by atoms with Crippen LogP contribution in [0.3, 0.4) is 0 Å². The molecule has 2 unspecified atom stereocenters. The van der Waals surface area contributed by atoms with Gasteiger partial charge in [-0.05, 0) is 43.4 Å². The van der Waals surface area contributed by atoms with Crippen molar-refractivity contribution >= 4 is 5.97 Å². The molecule has 0 spiro atoms. The molecule has 1 aliphatic rings. The Labute approximate surface area is 92.4 Å². The van der Waals surface area contributed by atoms with Gasteiger partial charge in [-0.15, -0.1) is 0 Å². The number of hydrogen-bond acceptors (Lipinski definition) is 1. The molecule has 0 aromatic heterocycles. The number of carboxylic acid groups (broad SMARTS) is 1. The van der Waals surface area contributed by atoms with Crippen molar-refractivity contribution in [3.63, 3.8) is 0 Å². The molecule has 2 atom stereocenters. The first-order valence-corrected chi connectivity index (χ1v) is 5.72. The normalized spacial score (nSPS) is 31.3. The van der Waals surface area contributed by atoms with Crippen LogP contribution >= 0.6 is 0 Å². The number of carbonyl (C=O) groups is 1. The van der Waals surface area contributed by atoms with Gasteiger partial charge < -0.3 is 5.11 Å². The van der Waals surface area contributed by atoms with E-state index in [9.17, 15) is 4.79 Å². The maximum absolute atomic E-state index is 10.7. The van der Waals surface area contributed by atoms with E-state index < -0.39 is 5.97 Å². The Morgan fingerprint density at radius 3 is 2.47 bits per heavy atom. The van der Waals surface area contributed by atoms with Crippen LogP contribution < -0.4 is 0 Å². The van der Waals surface area contributed by atoms with Crippen LogP contribution in [0.2, 0.25) is 0 Å². The van der Waals surface area contributed by atoms with E-state index >= 15 is 0 Å². The van der Waals surface area contributed by atoms with Crippen molar-refractivity contribution in [2.24, 2.45) is 17.3 Å². The molecule has 15 heavy (non-hydrogen) atoms. The Morgan fingerprint density at radius 1 is 1.40 bits per heavy atom. The molecule has 0 aromatic carbocycles. The molecule has 0 aromatic rings. The molecule has 0 bridgehead atoms. The summed E-state index contributed by atoms with van der Waals surface area (Å²) in [5.74, 6) is 0.363. The molecule has 0 radical (unpaired) electrons. The highest BCUT2D eigenvalue weighted by atomic mass is 16.4. The van der Waals surface area contributed by atoms with E-state index in [1.807, 2.05) is 6.08 Å². The van der Waals surface area contributed by atoms with Crippen LogP contribution in [0.25, 0.3) is 0 Å². The van der Waals surface area contributed by atoms with Crippen molar-refractivity contribution in [2.45, 2.75) is 47.0 Å². The highest BCUT2D eigenvalue weighted by Gasteiger charge is 2.31. The van der Waals surface area contributed by atoms with Crippen molar-refractivity contribution in [3.05, 3.63) is 11.6 Å². The molecule has 0 saturated heterocycles. The average Bonchev–Trinajstić information content (AvgIpc) is 1.99. The lowest BCUT2D eigenvalue weighted by molar-refractivity contribution is -0.132. The first-order valence-electron chi connectivity index (χ1n) is 5.72. The number of aliphatic carboxylic acids is 1. The quantitative estimate of drug-likeness (QED) is 0.708. The lowest BCUT2D eigenvalue weighted by Gasteiger charge is -2.38. The van der Waals surface area contributed by atoms with Crippen LogP contribution in [-0.2, 0) is 4.79 Å². The molecule has 1 fully saturated rings. The summed E-state index contributed by atoms with van der Waals surface area (Å²) >= 11 is 0. The predicted molar refractivity (Wildman–Crippen MR) is 61.7 cm³/mol. The fraction of sp³-hybridized carbons (Fsp3) is 0.769. The molecule has 0 heterocycles. The van der Waals surface area contributed by atoms with Crippen LogP contribution in [-0.4, -0.2) is 11.1 Å². The average molecular weight is 210 g/mol. The van der Waals surface area contributed by atoms with Crippen LogP contribution in [0.5, 0.6) is 0 Å². The smallest absolute Gasteiger partial charge is 0.330 e. The Morgan fingerprint density at radius 2 is 2.00 bits per heavy atom. The van der Waals surface area contributed by atoms with Gasteiger partial charge in [-0.1, -0.05) is 26.8 Å². The fourth-order valence-electron chi connectivity index (χ4n) is 2.97. The molecule has 2 heteroatoms. The van der Waals surface area contributed by atoms with Gasteiger partial charge in [0.2, 0.25) is 0 Å². The maximum Gasteiger partial charge on any atom is 0.330 e. The Kier molecular flexibility index (Phi) is 3.58. The molecule has 1 N–H and O–H groups in total. The zero-order valence-corrected chi connectivity index (χ0v) is 10.2. The molecular weight excluding hydrogens is 188 g/mol. The first-order chi connectivity index (χ1) is 6.80. The van der Waals surface area contributed by atoms with Crippen molar-refractivity contribution in [3.8, 4) is 0 Å². The third-order valence-electron chi connectivity index (χ3n) is 3.24. The van der Waals surface area contributed by atoms with Crippen LogP contribution in [0.4, 0.5) is 0 Å². The van der Waals surface area contributed by atoms with Gasteiger partial charge in [-0.25, -0.2) is 4.79 Å². The van der Waals surface area contributed by atoms with E-state index in [-0.39, 0.29) is 0 Å². The number of rotatable bonds is 2. The first kappa shape index (κ1) is 12.3. The van der Waals surface area contributed by atoms with E-state index in [4.69, 9.17) is 5.11 Å². The Hall–Kier alpha value is -0.790.